The third kappa shape index (κ3) is 6.47. The average molecular weight is 583 g/mol. The predicted octanol–water partition coefficient (Wildman–Crippen LogP) is 5.52. The number of hydrogen-bond donors (Lipinski definition) is 3. The monoisotopic (exact) mass is 582 g/mol. The number of Topliss-reactive ketones (excluding diaryl/α,β-unsaturated/α-hetero) is 1. The first kappa shape index (κ1) is 31.5. The molecule has 2 aromatic carbocycles. The Bertz CT molecular complexity index is 1300. The molecule has 2 unspecified atom stereocenters. The van der Waals surface area contributed by atoms with Gasteiger partial charge in [-0.15, -0.1) is 11.8 Å². The van der Waals surface area contributed by atoms with Crippen LogP contribution < -0.4 is 11.1 Å². The minimum absolute atomic E-state index is 0.0500. The van der Waals surface area contributed by atoms with Gasteiger partial charge in [0, 0.05) is 41.1 Å². The molecule has 7 nitrogen and oxygen atoms in total. The normalized spacial score (nSPS) is 19.7. The van der Waals surface area contributed by atoms with Crippen LogP contribution in [0.25, 0.3) is 11.1 Å². The van der Waals surface area contributed by atoms with Crippen LogP contribution in [0.15, 0.2) is 53.1 Å². The number of anilines is 1. The number of ketones is 1. The zero-order valence-electron chi connectivity index (χ0n) is 24.4. The maximum Gasteiger partial charge on any atom is 0.303 e. The number of nitrogens with two attached hydrogens (primary N) is 1. The molecule has 0 bridgehead atoms. The van der Waals surface area contributed by atoms with Crippen molar-refractivity contribution in [3.05, 3.63) is 64.3 Å². The van der Waals surface area contributed by atoms with Gasteiger partial charge in [0.1, 0.15) is 5.76 Å². The summed E-state index contributed by atoms with van der Waals surface area (Å²) in [6, 6.07) is 13.6. The summed E-state index contributed by atoms with van der Waals surface area (Å²) in [5.74, 6) is 0.713. The van der Waals surface area contributed by atoms with Crippen LogP contribution in [0.3, 0.4) is 0 Å². The van der Waals surface area contributed by atoms with E-state index in [2.05, 4.69) is 39.1 Å². The minimum atomic E-state index is -0.743. The van der Waals surface area contributed by atoms with Crippen molar-refractivity contribution >= 4 is 45.6 Å². The van der Waals surface area contributed by atoms with Crippen molar-refractivity contribution in [3.8, 4) is 11.1 Å². The molecule has 0 radical (unpaired) electrons. The fourth-order valence-electron chi connectivity index (χ4n) is 5.47. The lowest BCUT2D eigenvalue weighted by Gasteiger charge is -2.43. The molecule has 1 amide bonds. The van der Waals surface area contributed by atoms with Crippen molar-refractivity contribution in [3.63, 3.8) is 0 Å². The molecule has 0 spiro atoms. The average Bonchev–Trinajstić information content (AvgIpc) is 3.11. The Morgan fingerprint density at radius 1 is 1.15 bits per heavy atom. The number of rotatable bonds is 9. The molecule has 9 heteroatoms. The summed E-state index contributed by atoms with van der Waals surface area (Å²) < 4.78 is 5.82. The van der Waals surface area contributed by atoms with E-state index in [-0.39, 0.29) is 34.9 Å². The zero-order chi connectivity index (χ0) is 29.7. The van der Waals surface area contributed by atoms with E-state index in [9.17, 15) is 14.4 Å². The molecule has 1 heterocycles. The predicted molar refractivity (Wildman–Crippen MR) is 166 cm³/mol. The number of allylic oxidation sites excluding steroid dienone is 2. The first-order chi connectivity index (χ1) is 18.8. The lowest BCUT2D eigenvalue weighted by molar-refractivity contribution is -0.137. The Morgan fingerprint density at radius 3 is 2.48 bits per heavy atom. The number of primary amides is 1. The van der Waals surface area contributed by atoms with Gasteiger partial charge >= 0.3 is 5.97 Å². The first-order valence-electron chi connectivity index (χ1n) is 13.8. The largest absolute Gasteiger partial charge is 0.555 e. The van der Waals surface area contributed by atoms with Crippen LogP contribution in [0.5, 0.6) is 0 Å². The van der Waals surface area contributed by atoms with Gasteiger partial charge in [0.2, 0.25) is 16.4 Å². The summed E-state index contributed by atoms with van der Waals surface area (Å²) >= 11 is 1.59. The highest BCUT2D eigenvalue weighted by molar-refractivity contribution is 8.04. The van der Waals surface area contributed by atoms with E-state index >= 15 is 0 Å². The van der Waals surface area contributed by atoms with E-state index in [1.807, 2.05) is 37.3 Å². The quantitative estimate of drug-likeness (QED) is 0.263. The van der Waals surface area contributed by atoms with Gasteiger partial charge in [-0.05, 0) is 47.3 Å². The van der Waals surface area contributed by atoms with E-state index in [0.29, 0.717) is 22.5 Å². The Balaban J connectivity index is 0.000000229. The fourth-order valence-corrected chi connectivity index (χ4v) is 7.54. The molecule has 216 valence electrons. The van der Waals surface area contributed by atoms with Crippen LogP contribution in [0.2, 0.25) is 0 Å². The number of aliphatic carboxylic acids is 1. The lowest BCUT2D eigenvalue weighted by atomic mass is 9.62. The van der Waals surface area contributed by atoms with Gasteiger partial charge in [0.05, 0.1) is 4.91 Å². The molecule has 0 aromatic heterocycles. The van der Waals surface area contributed by atoms with Crippen molar-refractivity contribution < 1.29 is 23.9 Å². The fraction of sp³-hybridized carbons (Fsp3) is 0.452. The second-order valence-electron chi connectivity index (χ2n) is 11.6. The Morgan fingerprint density at radius 2 is 1.85 bits per heavy atom. The molecule has 0 saturated carbocycles. The van der Waals surface area contributed by atoms with Crippen molar-refractivity contribution in [2.45, 2.75) is 66.8 Å². The number of fused-ring (bicyclic) bond motifs is 3. The number of carboxylic acid groups (broad SMARTS) is 1. The third-order valence-electron chi connectivity index (χ3n) is 8.29. The van der Waals surface area contributed by atoms with Gasteiger partial charge in [-0.1, -0.05) is 71.4 Å². The molecular formula is C31H42N2O5SSi. The van der Waals surface area contributed by atoms with Crippen molar-refractivity contribution in [1.82, 2.24) is 0 Å². The smallest absolute Gasteiger partial charge is 0.303 e. The number of benzene rings is 2. The number of unbranched alkanes of at least 4 members (excludes halogenated alkanes) is 2. The summed E-state index contributed by atoms with van der Waals surface area (Å²) in [5, 5.41) is 11.9. The number of carboxylic acids is 1. The summed E-state index contributed by atoms with van der Waals surface area (Å²) in [7, 11) is 0.577. The highest BCUT2D eigenvalue weighted by Crippen LogP contribution is 2.57. The highest BCUT2D eigenvalue weighted by atomic mass is 32.2. The second kappa shape index (κ2) is 13.1. The van der Waals surface area contributed by atoms with Crippen molar-refractivity contribution in [2.75, 3.05) is 11.1 Å². The number of carbonyl (C=O) groups excluding carboxylic acids is 2. The van der Waals surface area contributed by atoms with Crippen molar-refractivity contribution in [1.29, 1.82) is 0 Å². The number of carbonyl (C=O) groups is 3. The number of thioether (sulfide) groups is 1. The Hall–Kier alpha value is -3.04. The van der Waals surface area contributed by atoms with Crippen molar-refractivity contribution in [2.24, 2.45) is 22.5 Å². The van der Waals surface area contributed by atoms with E-state index in [1.165, 1.54) is 5.56 Å². The molecule has 4 rings (SSSR count). The molecule has 0 saturated heterocycles. The number of hydrogen-bond acceptors (Lipinski definition) is 6. The van der Waals surface area contributed by atoms with Gasteiger partial charge in [-0.25, -0.2) is 0 Å². The van der Waals surface area contributed by atoms with Crippen LogP contribution in [0.1, 0.15) is 76.2 Å². The molecule has 2 aliphatic rings. The SMILES string of the molecule is CC1C(=O)C(SCCCCCC(=O)O)=C(O[SiH3])C1(C)C(C)(C)C.NC(=O)c1cccc2c1-c1ccccc1CN2. The lowest BCUT2D eigenvalue weighted by Crippen LogP contribution is -2.39. The summed E-state index contributed by atoms with van der Waals surface area (Å²) in [6.07, 6.45) is 2.72. The van der Waals surface area contributed by atoms with Gasteiger partial charge in [0.15, 0.2) is 5.78 Å². The zero-order valence-corrected chi connectivity index (χ0v) is 27.2. The Kier molecular flexibility index (Phi) is 10.3. The molecule has 2 atom stereocenters. The molecule has 40 heavy (non-hydrogen) atoms. The van der Waals surface area contributed by atoms with Gasteiger partial charge in [-0.2, -0.15) is 0 Å². The number of amides is 1. The van der Waals surface area contributed by atoms with Gasteiger partial charge in [0.25, 0.3) is 0 Å². The summed E-state index contributed by atoms with van der Waals surface area (Å²) in [6.45, 7) is 11.4. The molecule has 1 aliphatic carbocycles. The minimum Gasteiger partial charge on any atom is -0.555 e. The third-order valence-corrected chi connectivity index (χ3v) is 9.87. The van der Waals surface area contributed by atoms with Gasteiger partial charge in [-0.3, -0.25) is 14.4 Å². The van der Waals surface area contributed by atoms with Gasteiger partial charge < -0.3 is 20.6 Å². The number of nitrogens with one attached hydrogen (secondary N) is 1. The standard InChI is InChI=1S/C17H30O4SSi.C14H12N2O/c1-11-13(20)14(22-10-8-6-7-9-12(18)19)15(21-23)17(11,5)16(2,3)4;15-14(17)11-6-3-7-12-13(11)10-5-2-1-4-9(10)8-16-12/h11H,6-10H2,1-5,23H3,(H,18,19);1-7,16H,8H2,(H2,15,17). The first-order valence-corrected chi connectivity index (χ1v) is 15.6. The Labute approximate surface area is 244 Å². The molecule has 2 aromatic rings. The van der Waals surface area contributed by atoms with E-state index in [0.717, 1.165) is 52.6 Å². The van der Waals surface area contributed by atoms with E-state index < -0.39 is 5.97 Å². The van der Waals surface area contributed by atoms with E-state index in [4.69, 9.17) is 15.3 Å². The maximum atomic E-state index is 12.7. The maximum absolute atomic E-state index is 12.7. The molecule has 4 N–H and O–H groups in total. The topological polar surface area (TPSA) is 119 Å². The molecular weight excluding hydrogens is 541 g/mol. The van der Waals surface area contributed by atoms with E-state index in [1.54, 1.807) is 17.8 Å². The molecule has 1 aliphatic heterocycles. The van der Waals surface area contributed by atoms with Crippen LogP contribution in [0, 0.1) is 16.7 Å². The highest BCUT2D eigenvalue weighted by Gasteiger charge is 2.55. The van der Waals surface area contributed by atoms with Crippen LogP contribution in [-0.2, 0) is 20.6 Å². The van der Waals surface area contributed by atoms with Crippen LogP contribution >= 0.6 is 11.8 Å². The second-order valence-corrected chi connectivity index (χ2v) is 13.1. The summed E-state index contributed by atoms with van der Waals surface area (Å²) in [4.78, 5) is 35.5. The van der Waals surface area contributed by atoms with Crippen LogP contribution in [0.4, 0.5) is 5.69 Å². The summed E-state index contributed by atoms with van der Waals surface area (Å²) in [5.41, 5.74) is 9.86. The molecule has 0 fully saturated rings. The van der Waals surface area contributed by atoms with Crippen LogP contribution in [-0.4, -0.2) is 39.0 Å².